The number of carbonyl (C=O) groups is 1. The van der Waals surface area contributed by atoms with Crippen molar-refractivity contribution in [3.63, 3.8) is 0 Å². The molecule has 2 rings (SSSR count). The van der Waals surface area contributed by atoms with E-state index in [-0.39, 0.29) is 11.7 Å². The van der Waals surface area contributed by atoms with Crippen LogP contribution in [0.15, 0.2) is 36.4 Å². The minimum atomic E-state index is -0.240. The monoisotopic (exact) mass is 373 g/mol. The number of aromatic hydroxyl groups is 1. The smallest absolute Gasteiger partial charge is 0.251 e. The van der Waals surface area contributed by atoms with Crippen molar-refractivity contribution in [3.05, 3.63) is 47.5 Å². The fraction of sp³-hybridized carbons (Fsp3) is 0.381. The summed E-state index contributed by atoms with van der Waals surface area (Å²) in [6.45, 7) is 7.38. The van der Waals surface area contributed by atoms with Crippen LogP contribution < -0.4 is 19.5 Å². The second kappa shape index (κ2) is 10.3. The molecule has 0 aliphatic rings. The number of hydrogen-bond donors (Lipinski definition) is 2. The van der Waals surface area contributed by atoms with E-state index >= 15 is 0 Å². The summed E-state index contributed by atoms with van der Waals surface area (Å²) in [5.74, 6) is 1.46. The number of rotatable bonds is 10. The van der Waals surface area contributed by atoms with Crippen LogP contribution in [0.4, 0.5) is 0 Å². The predicted octanol–water partition coefficient (Wildman–Crippen LogP) is 3.56. The second-order valence-electron chi connectivity index (χ2n) is 5.74. The SMILES string of the molecule is CCOc1cc(C(=O)NCCc2ccccc2O)cc(OCC)c1OCC. The highest BCUT2D eigenvalue weighted by atomic mass is 16.5. The van der Waals surface area contributed by atoms with Crippen molar-refractivity contribution in [1.29, 1.82) is 0 Å². The molecule has 146 valence electrons. The van der Waals surface area contributed by atoms with E-state index in [2.05, 4.69) is 5.32 Å². The highest BCUT2D eigenvalue weighted by Gasteiger charge is 2.18. The fourth-order valence-electron chi connectivity index (χ4n) is 2.65. The van der Waals surface area contributed by atoms with Crippen LogP contribution >= 0.6 is 0 Å². The zero-order valence-electron chi connectivity index (χ0n) is 16.1. The lowest BCUT2D eigenvalue weighted by atomic mass is 10.1. The average Bonchev–Trinajstić information content (AvgIpc) is 2.66. The van der Waals surface area contributed by atoms with Crippen LogP contribution in [-0.4, -0.2) is 37.4 Å². The molecule has 0 unspecified atom stereocenters. The van der Waals surface area contributed by atoms with Gasteiger partial charge in [0.25, 0.3) is 5.91 Å². The number of hydrogen-bond acceptors (Lipinski definition) is 5. The molecule has 0 aliphatic carbocycles. The number of phenolic OH excluding ortho intramolecular Hbond substituents is 1. The Balaban J connectivity index is 2.15. The van der Waals surface area contributed by atoms with Gasteiger partial charge in [-0.15, -0.1) is 0 Å². The molecule has 0 spiro atoms. The van der Waals surface area contributed by atoms with E-state index in [0.29, 0.717) is 55.6 Å². The Hall–Kier alpha value is -2.89. The first kappa shape index (κ1) is 20.4. The Morgan fingerprint density at radius 1 is 0.963 bits per heavy atom. The predicted molar refractivity (Wildman–Crippen MR) is 104 cm³/mol. The largest absolute Gasteiger partial charge is 0.508 e. The summed E-state index contributed by atoms with van der Waals surface area (Å²) in [6.07, 6.45) is 0.534. The van der Waals surface area contributed by atoms with Crippen LogP contribution in [0.5, 0.6) is 23.0 Å². The first-order valence-electron chi connectivity index (χ1n) is 9.22. The summed E-state index contributed by atoms with van der Waals surface area (Å²) in [6, 6.07) is 10.4. The molecule has 6 nitrogen and oxygen atoms in total. The maximum absolute atomic E-state index is 12.6. The standard InChI is InChI=1S/C21H27NO5/c1-4-25-18-13-16(14-19(26-5-2)20(18)27-6-3)21(24)22-12-11-15-9-7-8-10-17(15)23/h7-10,13-14,23H,4-6,11-12H2,1-3H3,(H,22,24). The molecule has 1 amide bonds. The molecule has 6 heteroatoms. The van der Waals surface area contributed by atoms with E-state index in [0.717, 1.165) is 5.56 Å². The number of phenols is 1. The minimum Gasteiger partial charge on any atom is -0.508 e. The van der Waals surface area contributed by atoms with Gasteiger partial charge < -0.3 is 24.6 Å². The van der Waals surface area contributed by atoms with Gasteiger partial charge in [0.05, 0.1) is 19.8 Å². The molecule has 2 aromatic carbocycles. The summed E-state index contributed by atoms with van der Waals surface area (Å²) in [7, 11) is 0. The van der Waals surface area contributed by atoms with Crippen LogP contribution in [-0.2, 0) is 6.42 Å². The molecule has 0 atom stereocenters. The third-order valence-corrected chi connectivity index (χ3v) is 3.84. The maximum atomic E-state index is 12.6. The van der Waals surface area contributed by atoms with E-state index in [4.69, 9.17) is 14.2 Å². The van der Waals surface area contributed by atoms with Crippen molar-refractivity contribution in [2.75, 3.05) is 26.4 Å². The molecule has 2 aromatic rings. The first-order chi connectivity index (χ1) is 13.1. The summed E-state index contributed by atoms with van der Waals surface area (Å²) in [5, 5.41) is 12.7. The van der Waals surface area contributed by atoms with E-state index < -0.39 is 0 Å². The number of amides is 1. The minimum absolute atomic E-state index is 0.227. The Labute approximate surface area is 160 Å². The van der Waals surface area contributed by atoms with Gasteiger partial charge in [0.2, 0.25) is 5.75 Å². The van der Waals surface area contributed by atoms with Gasteiger partial charge in [-0.3, -0.25) is 4.79 Å². The van der Waals surface area contributed by atoms with Gasteiger partial charge in [0.1, 0.15) is 5.75 Å². The molecule has 0 saturated carbocycles. The van der Waals surface area contributed by atoms with Crippen molar-refractivity contribution in [2.24, 2.45) is 0 Å². The van der Waals surface area contributed by atoms with Crippen LogP contribution in [0.2, 0.25) is 0 Å². The van der Waals surface area contributed by atoms with Crippen molar-refractivity contribution < 1.29 is 24.1 Å². The number of carbonyl (C=O) groups excluding carboxylic acids is 1. The molecule has 2 N–H and O–H groups in total. The molecule has 27 heavy (non-hydrogen) atoms. The Kier molecular flexibility index (Phi) is 7.79. The Morgan fingerprint density at radius 3 is 2.11 bits per heavy atom. The third-order valence-electron chi connectivity index (χ3n) is 3.84. The van der Waals surface area contributed by atoms with E-state index in [1.807, 2.05) is 32.9 Å². The van der Waals surface area contributed by atoms with Crippen molar-refractivity contribution >= 4 is 5.91 Å². The molecular formula is C21H27NO5. The van der Waals surface area contributed by atoms with Crippen molar-refractivity contribution in [2.45, 2.75) is 27.2 Å². The zero-order chi connectivity index (χ0) is 19.6. The van der Waals surface area contributed by atoms with Gasteiger partial charge in [0, 0.05) is 12.1 Å². The Bertz CT molecular complexity index is 733. The number of nitrogens with one attached hydrogen (secondary N) is 1. The van der Waals surface area contributed by atoms with Gasteiger partial charge in [0.15, 0.2) is 11.5 Å². The van der Waals surface area contributed by atoms with Gasteiger partial charge in [-0.1, -0.05) is 18.2 Å². The van der Waals surface area contributed by atoms with Crippen LogP contribution in [0.3, 0.4) is 0 Å². The van der Waals surface area contributed by atoms with Crippen molar-refractivity contribution in [1.82, 2.24) is 5.32 Å². The van der Waals surface area contributed by atoms with Gasteiger partial charge in [-0.2, -0.15) is 0 Å². The Morgan fingerprint density at radius 2 is 1.56 bits per heavy atom. The lowest BCUT2D eigenvalue weighted by molar-refractivity contribution is 0.0953. The molecule has 0 heterocycles. The van der Waals surface area contributed by atoms with Gasteiger partial charge in [-0.05, 0) is 51.0 Å². The fourth-order valence-corrected chi connectivity index (χ4v) is 2.65. The van der Waals surface area contributed by atoms with Crippen LogP contribution in [0.1, 0.15) is 36.7 Å². The van der Waals surface area contributed by atoms with Crippen LogP contribution in [0, 0.1) is 0 Å². The summed E-state index contributed by atoms with van der Waals surface area (Å²) < 4.78 is 16.9. The molecular weight excluding hydrogens is 346 g/mol. The second-order valence-corrected chi connectivity index (χ2v) is 5.74. The average molecular weight is 373 g/mol. The quantitative estimate of drug-likeness (QED) is 0.666. The zero-order valence-corrected chi connectivity index (χ0v) is 16.1. The summed E-state index contributed by atoms with van der Waals surface area (Å²) in [4.78, 5) is 12.6. The third kappa shape index (κ3) is 5.54. The molecule has 0 bridgehead atoms. The van der Waals surface area contributed by atoms with Gasteiger partial charge in [-0.25, -0.2) is 0 Å². The highest BCUT2D eigenvalue weighted by Crippen LogP contribution is 2.39. The lowest BCUT2D eigenvalue weighted by Gasteiger charge is -2.17. The first-order valence-corrected chi connectivity index (χ1v) is 9.22. The van der Waals surface area contributed by atoms with E-state index in [1.54, 1.807) is 24.3 Å². The normalized spacial score (nSPS) is 10.3. The molecule has 0 saturated heterocycles. The highest BCUT2D eigenvalue weighted by molar-refractivity contribution is 5.95. The lowest BCUT2D eigenvalue weighted by Crippen LogP contribution is -2.26. The summed E-state index contributed by atoms with van der Waals surface area (Å²) >= 11 is 0. The number of ether oxygens (including phenoxy) is 3. The van der Waals surface area contributed by atoms with Crippen LogP contribution in [0.25, 0.3) is 0 Å². The summed E-state index contributed by atoms with van der Waals surface area (Å²) in [5.41, 5.74) is 1.22. The van der Waals surface area contributed by atoms with E-state index in [1.165, 1.54) is 0 Å². The molecule has 0 aromatic heterocycles. The molecule has 0 fully saturated rings. The molecule has 0 aliphatic heterocycles. The maximum Gasteiger partial charge on any atom is 0.251 e. The number of benzene rings is 2. The topological polar surface area (TPSA) is 77.0 Å². The van der Waals surface area contributed by atoms with Crippen molar-refractivity contribution in [3.8, 4) is 23.0 Å². The number of para-hydroxylation sites is 1. The van der Waals surface area contributed by atoms with E-state index in [9.17, 15) is 9.90 Å². The van der Waals surface area contributed by atoms with Gasteiger partial charge >= 0.3 is 0 Å². The molecule has 0 radical (unpaired) electrons.